The Bertz CT molecular complexity index is 237. The molecular weight excluding hydrogens is 297 g/mol. The molecule has 0 bridgehead atoms. The van der Waals surface area contributed by atoms with Crippen LogP contribution in [-0.2, 0) is 19.1 Å². The molecule has 7 nitrogen and oxygen atoms in total. The van der Waals surface area contributed by atoms with Crippen molar-refractivity contribution in [1.82, 2.24) is 0 Å². The van der Waals surface area contributed by atoms with E-state index in [-0.39, 0.29) is 148 Å². The first-order valence-electron chi connectivity index (χ1n) is 3.28. The van der Waals surface area contributed by atoms with E-state index >= 15 is 0 Å². The molecule has 0 spiro atoms. The number of nitrogens with two attached hydrogens (primary N) is 1. The van der Waals surface area contributed by atoms with Crippen molar-refractivity contribution in [2.24, 2.45) is 5.73 Å². The monoisotopic (exact) mass is 311 g/mol. The van der Waals surface area contributed by atoms with E-state index in [0.29, 0.717) is 0 Å². The van der Waals surface area contributed by atoms with E-state index in [9.17, 15) is 14.4 Å². The molecule has 18 heavy (non-hydrogen) atoms. The first kappa shape index (κ1) is 37.5. The second-order valence-corrected chi connectivity index (χ2v) is 2.28. The van der Waals surface area contributed by atoms with Gasteiger partial charge < -0.3 is 20.7 Å². The van der Waals surface area contributed by atoms with E-state index in [1.54, 1.807) is 0 Å². The Morgan fingerprint density at radius 2 is 1.22 bits per heavy atom. The van der Waals surface area contributed by atoms with Crippen LogP contribution in [0.3, 0.4) is 0 Å². The molecule has 0 rings (SSSR count). The van der Waals surface area contributed by atoms with Gasteiger partial charge in [0.15, 0.2) is 0 Å². The van der Waals surface area contributed by atoms with Crippen LogP contribution in [-0.4, -0.2) is 188 Å². The summed E-state index contributed by atoms with van der Waals surface area (Å²) in [5.74, 6) is -4.57. The molecule has 1 atom stereocenters. The van der Waals surface area contributed by atoms with Crippen LogP contribution in [0.4, 0.5) is 0 Å². The van der Waals surface area contributed by atoms with Crippen LogP contribution >= 0.6 is 0 Å². The zero-order valence-electron chi connectivity index (χ0n) is 6.76. The van der Waals surface area contributed by atoms with Gasteiger partial charge in [0.25, 0.3) is 6.10 Å². The summed E-state index contributed by atoms with van der Waals surface area (Å²) in [6.45, 7) is 1.25. The van der Waals surface area contributed by atoms with Gasteiger partial charge in [-0.3, -0.25) is 4.79 Å². The molecule has 0 aromatic rings. The number of hydrogen-bond donors (Lipinski definition) is 3. The fraction of sp³-hybridized carbons (Fsp3) is 0.500. The molecule has 0 unspecified atom stereocenters. The molecule has 0 radical (unpaired) electrons. The van der Waals surface area contributed by atoms with Crippen LogP contribution in [0.25, 0.3) is 0 Å². The number of aliphatic carboxylic acids is 2. The van der Waals surface area contributed by atoms with E-state index in [4.69, 9.17) is 15.9 Å². The summed E-state index contributed by atoms with van der Waals surface area (Å²) in [6.07, 6.45) is -2.20. The molecule has 84 valence electrons. The molecular formula is C6H14NNa5O6. The van der Waals surface area contributed by atoms with Crippen LogP contribution in [0.5, 0.6) is 0 Å². The van der Waals surface area contributed by atoms with Crippen molar-refractivity contribution in [2.75, 3.05) is 0 Å². The quantitative estimate of drug-likeness (QED) is 0.270. The maximum absolute atomic E-state index is 10.7. The van der Waals surface area contributed by atoms with Gasteiger partial charge in [-0.15, -0.1) is 0 Å². The third-order valence-electron chi connectivity index (χ3n) is 1.05. The fourth-order valence-corrected chi connectivity index (χ4v) is 0.430. The van der Waals surface area contributed by atoms with E-state index in [2.05, 4.69) is 4.74 Å². The summed E-state index contributed by atoms with van der Waals surface area (Å²) in [5.41, 5.74) is 5.02. The third-order valence-corrected chi connectivity index (χ3v) is 1.05. The Kier molecular flexibility index (Phi) is 42.5. The number of carboxylic acid groups (broad SMARTS) is 2. The second kappa shape index (κ2) is 20.4. The van der Waals surface area contributed by atoms with Crippen LogP contribution in [0.1, 0.15) is 6.92 Å². The van der Waals surface area contributed by atoms with Crippen molar-refractivity contribution >= 4 is 166 Å². The van der Waals surface area contributed by atoms with Gasteiger partial charge in [-0.1, -0.05) is 0 Å². The zero-order chi connectivity index (χ0) is 10.6. The molecule has 0 aromatic heterocycles. The molecule has 0 heterocycles. The number of carboxylic acids is 2. The topological polar surface area (TPSA) is 127 Å². The first-order chi connectivity index (χ1) is 5.86. The maximum atomic E-state index is 10.7. The van der Waals surface area contributed by atoms with Crippen molar-refractivity contribution in [3.63, 3.8) is 0 Å². The summed E-state index contributed by atoms with van der Waals surface area (Å²) in [7, 11) is 0. The molecule has 0 fully saturated rings. The van der Waals surface area contributed by atoms with Crippen molar-refractivity contribution in [3.05, 3.63) is 0 Å². The van der Waals surface area contributed by atoms with E-state index in [1.165, 1.54) is 6.92 Å². The van der Waals surface area contributed by atoms with Crippen LogP contribution in [0, 0.1) is 0 Å². The summed E-state index contributed by atoms with van der Waals surface area (Å²) in [4.78, 5) is 31.1. The van der Waals surface area contributed by atoms with Crippen molar-refractivity contribution < 1.29 is 29.3 Å². The first-order valence-corrected chi connectivity index (χ1v) is 3.28. The molecule has 0 aliphatic heterocycles. The van der Waals surface area contributed by atoms with Crippen molar-refractivity contribution in [3.8, 4) is 0 Å². The molecule has 0 aliphatic carbocycles. The van der Waals surface area contributed by atoms with Crippen LogP contribution in [0.15, 0.2) is 0 Å². The summed E-state index contributed by atoms with van der Waals surface area (Å²) >= 11 is 0. The number of hydrogen-bond acceptors (Lipinski definition) is 5. The number of carbonyl (C=O) groups is 3. The number of carbonyl (C=O) groups excluding carboxylic acids is 1. The van der Waals surface area contributed by atoms with Crippen molar-refractivity contribution in [1.29, 1.82) is 0 Å². The Labute approximate surface area is 215 Å². The van der Waals surface area contributed by atoms with E-state index < -0.39 is 30.1 Å². The van der Waals surface area contributed by atoms with Crippen LogP contribution in [0.2, 0.25) is 0 Å². The van der Waals surface area contributed by atoms with Gasteiger partial charge in [-0.05, 0) is 6.92 Å². The molecule has 0 saturated carbocycles. The van der Waals surface area contributed by atoms with Gasteiger partial charge in [-0.2, -0.15) is 0 Å². The average Bonchev–Trinajstić information content (AvgIpc) is 1.97. The second-order valence-electron chi connectivity index (χ2n) is 2.28. The number of rotatable bonds is 4. The van der Waals surface area contributed by atoms with Gasteiger partial charge >= 0.3 is 166 Å². The summed E-state index contributed by atoms with van der Waals surface area (Å²) in [5, 5.41) is 16.6. The number of esters is 1. The molecule has 4 N–H and O–H groups in total. The third kappa shape index (κ3) is 17.4. The van der Waals surface area contributed by atoms with Gasteiger partial charge in [0.1, 0.15) is 6.04 Å². The SMILES string of the molecule is C[C@H](N)C(=O)OC(C(=O)O)C(=O)O.[NaH].[NaH].[NaH].[NaH].[NaH]. The zero-order valence-corrected chi connectivity index (χ0v) is 6.76. The minimum absolute atomic E-state index is 0. The predicted octanol–water partition coefficient (Wildman–Crippen LogP) is -4.83. The Morgan fingerprint density at radius 3 is 1.39 bits per heavy atom. The molecule has 0 amide bonds. The van der Waals surface area contributed by atoms with Gasteiger partial charge in [-0.25, -0.2) is 9.59 Å². The minimum atomic E-state index is -2.20. The molecule has 0 aromatic carbocycles. The summed E-state index contributed by atoms with van der Waals surface area (Å²) < 4.78 is 4.07. The Morgan fingerprint density at radius 1 is 0.944 bits per heavy atom. The Hall–Kier alpha value is 3.37. The van der Waals surface area contributed by atoms with Gasteiger partial charge in [0.2, 0.25) is 0 Å². The number of ether oxygens (including phenoxy) is 1. The molecule has 0 aliphatic rings. The normalized spacial score (nSPS) is 8.83. The Balaban J connectivity index is -0.0000000720. The van der Waals surface area contributed by atoms with Gasteiger partial charge in [0.05, 0.1) is 0 Å². The molecule has 0 saturated heterocycles. The molecule has 12 heteroatoms. The predicted molar refractivity (Wildman–Crippen MR) is 74.5 cm³/mol. The average molecular weight is 311 g/mol. The van der Waals surface area contributed by atoms with E-state index in [0.717, 1.165) is 0 Å². The van der Waals surface area contributed by atoms with Gasteiger partial charge in [0, 0.05) is 0 Å². The van der Waals surface area contributed by atoms with E-state index in [1.807, 2.05) is 0 Å². The van der Waals surface area contributed by atoms with Crippen molar-refractivity contribution in [2.45, 2.75) is 19.1 Å². The van der Waals surface area contributed by atoms with Crippen LogP contribution < -0.4 is 5.73 Å². The standard InChI is InChI=1S/C6H9NO6.5Na.5H/c1-2(7)6(12)13-3(4(8)9)5(10)11;;;;;;;;;;/h2-3H,7H2,1H3,(H,8,9)(H,10,11);;;;;;;;;;/t2-;;;;;;;;;;/m0........../s1. The summed E-state index contributed by atoms with van der Waals surface area (Å²) in [6, 6.07) is -1.05. The fourth-order valence-electron chi connectivity index (χ4n) is 0.430.